The molecule has 5 nitrogen and oxygen atoms in total. The summed E-state index contributed by atoms with van der Waals surface area (Å²) < 4.78 is 0. The van der Waals surface area contributed by atoms with Crippen molar-refractivity contribution in [3.63, 3.8) is 0 Å². The summed E-state index contributed by atoms with van der Waals surface area (Å²) in [6.45, 7) is 7.98. The molecule has 0 aromatic carbocycles. The van der Waals surface area contributed by atoms with Crippen LogP contribution < -0.4 is 5.32 Å². The molecule has 0 bridgehead atoms. The number of hydrogen-bond acceptors (Lipinski definition) is 4. The fourth-order valence-electron chi connectivity index (χ4n) is 3.29. The summed E-state index contributed by atoms with van der Waals surface area (Å²) in [6, 6.07) is 2.39. The molecule has 19 heavy (non-hydrogen) atoms. The predicted molar refractivity (Wildman–Crippen MR) is 73.5 cm³/mol. The maximum atomic E-state index is 12.5. The van der Waals surface area contributed by atoms with Gasteiger partial charge in [-0.3, -0.25) is 9.69 Å². The molecule has 1 N–H and O–H groups in total. The Morgan fingerprint density at radius 2 is 2.21 bits per heavy atom. The van der Waals surface area contributed by atoms with Crippen LogP contribution in [0.4, 0.5) is 0 Å². The highest BCUT2D eigenvalue weighted by Crippen LogP contribution is 2.21. The molecule has 1 amide bonds. The van der Waals surface area contributed by atoms with Gasteiger partial charge in [-0.2, -0.15) is 5.26 Å². The van der Waals surface area contributed by atoms with Crippen molar-refractivity contribution in [2.24, 2.45) is 0 Å². The van der Waals surface area contributed by atoms with E-state index >= 15 is 0 Å². The number of carbonyl (C=O) groups excluding carboxylic acids is 1. The van der Waals surface area contributed by atoms with Gasteiger partial charge in [0.15, 0.2) is 0 Å². The van der Waals surface area contributed by atoms with E-state index in [9.17, 15) is 4.79 Å². The predicted octanol–water partition coefficient (Wildman–Crippen LogP) is 0.573. The molecular formula is C14H24N4O. The Labute approximate surface area is 115 Å². The maximum absolute atomic E-state index is 12.5. The molecule has 106 valence electrons. The molecule has 2 rings (SSSR count). The highest BCUT2D eigenvalue weighted by atomic mass is 16.2. The molecule has 0 spiro atoms. The van der Waals surface area contributed by atoms with Gasteiger partial charge in [0.25, 0.3) is 0 Å². The van der Waals surface area contributed by atoms with E-state index in [2.05, 4.69) is 30.1 Å². The first-order valence-corrected chi connectivity index (χ1v) is 7.38. The van der Waals surface area contributed by atoms with Crippen LogP contribution in [0.1, 0.15) is 33.1 Å². The van der Waals surface area contributed by atoms with Crippen molar-refractivity contribution in [3.05, 3.63) is 0 Å². The minimum Gasteiger partial charge on any atom is -0.325 e. The van der Waals surface area contributed by atoms with E-state index < -0.39 is 0 Å². The van der Waals surface area contributed by atoms with E-state index in [0.717, 1.165) is 45.4 Å². The average Bonchev–Trinajstić information content (AvgIpc) is 3.08. The minimum absolute atomic E-state index is 0.0976. The van der Waals surface area contributed by atoms with Gasteiger partial charge >= 0.3 is 0 Å². The second-order valence-corrected chi connectivity index (χ2v) is 5.39. The van der Waals surface area contributed by atoms with Gasteiger partial charge in [0.05, 0.1) is 12.1 Å². The molecule has 0 aromatic rings. The number of hydrogen-bond donors (Lipinski definition) is 1. The fraction of sp³-hybridized carbons (Fsp3) is 0.857. The number of likely N-dealkylation sites (tertiary alicyclic amines) is 1. The Kier molecular flexibility index (Phi) is 4.78. The number of carbonyl (C=O) groups is 1. The molecule has 2 heterocycles. The third-order valence-corrected chi connectivity index (χ3v) is 4.42. The smallest absolute Gasteiger partial charge is 0.240 e. The molecule has 3 atom stereocenters. The number of nitrogens with one attached hydrogen (secondary N) is 1. The van der Waals surface area contributed by atoms with Gasteiger partial charge in [-0.15, -0.1) is 0 Å². The lowest BCUT2D eigenvalue weighted by atomic mass is 10.1. The van der Waals surface area contributed by atoms with Crippen molar-refractivity contribution >= 4 is 5.91 Å². The second kappa shape index (κ2) is 6.36. The van der Waals surface area contributed by atoms with Gasteiger partial charge in [-0.25, -0.2) is 0 Å². The van der Waals surface area contributed by atoms with Crippen LogP contribution in [0, 0.1) is 11.3 Å². The topological polar surface area (TPSA) is 59.4 Å². The number of nitriles is 1. The van der Waals surface area contributed by atoms with Crippen LogP contribution in [0.25, 0.3) is 0 Å². The van der Waals surface area contributed by atoms with Gasteiger partial charge in [-0.05, 0) is 32.4 Å². The van der Waals surface area contributed by atoms with Crippen molar-refractivity contribution in [1.82, 2.24) is 15.1 Å². The summed E-state index contributed by atoms with van der Waals surface area (Å²) in [5, 5.41) is 12.4. The molecule has 0 unspecified atom stereocenters. The first-order valence-electron chi connectivity index (χ1n) is 7.38. The van der Waals surface area contributed by atoms with Crippen molar-refractivity contribution in [3.8, 4) is 6.07 Å². The van der Waals surface area contributed by atoms with E-state index in [1.165, 1.54) is 0 Å². The Bertz CT molecular complexity index is 361. The van der Waals surface area contributed by atoms with E-state index in [1.807, 2.05) is 0 Å². The monoisotopic (exact) mass is 264 g/mol. The van der Waals surface area contributed by atoms with E-state index in [1.54, 1.807) is 4.90 Å². The third kappa shape index (κ3) is 2.90. The lowest BCUT2D eigenvalue weighted by Crippen LogP contribution is -2.45. The van der Waals surface area contributed by atoms with Gasteiger partial charge in [0.2, 0.25) is 5.91 Å². The Hall–Kier alpha value is -1.12. The Morgan fingerprint density at radius 3 is 2.84 bits per heavy atom. The standard InChI is InChI=1S/C14H24N4O/c1-3-17(4-2)12-8-13(16-10-12)14(19)18-7-5-6-11(18)9-15/h11-13,16H,3-8,10H2,1-2H3/t11-,12-,13-/m0/s1. The SMILES string of the molecule is CCN(CC)[C@@H]1CN[C@H](C(=O)N2CCC[C@H]2C#N)C1. The first kappa shape index (κ1) is 14.3. The van der Waals surface area contributed by atoms with Gasteiger partial charge in [0, 0.05) is 19.1 Å². The quantitative estimate of drug-likeness (QED) is 0.806. The zero-order valence-corrected chi connectivity index (χ0v) is 11.9. The maximum Gasteiger partial charge on any atom is 0.240 e. The van der Waals surface area contributed by atoms with Crippen LogP contribution in [-0.4, -0.2) is 60.0 Å². The fourth-order valence-corrected chi connectivity index (χ4v) is 3.29. The molecule has 5 heteroatoms. The molecule has 2 aliphatic rings. The Morgan fingerprint density at radius 1 is 1.47 bits per heavy atom. The molecule has 2 saturated heterocycles. The van der Waals surface area contributed by atoms with E-state index in [4.69, 9.17) is 5.26 Å². The van der Waals surface area contributed by atoms with Crippen LogP contribution in [0.15, 0.2) is 0 Å². The summed E-state index contributed by atoms with van der Waals surface area (Å²) in [4.78, 5) is 16.6. The van der Waals surface area contributed by atoms with Gasteiger partial charge < -0.3 is 10.2 Å². The molecule has 0 radical (unpaired) electrons. The zero-order chi connectivity index (χ0) is 13.8. The lowest BCUT2D eigenvalue weighted by Gasteiger charge is -2.26. The molecule has 2 aliphatic heterocycles. The summed E-state index contributed by atoms with van der Waals surface area (Å²) in [5.74, 6) is 0.124. The molecule has 0 aliphatic carbocycles. The van der Waals surface area contributed by atoms with Crippen LogP contribution >= 0.6 is 0 Å². The lowest BCUT2D eigenvalue weighted by molar-refractivity contribution is -0.133. The number of rotatable bonds is 4. The van der Waals surface area contributed by atoms with Crippen LogP contribution in [0.2, 0.25) is 0 Å². The summed E-state index contributed by atoms with van der Waals surface area (Å²) in [6.07, 6.45) is 2.65. The summed E-state index contributed by atoms with van der Waals surface area (Å²) in [7, 11) is 0. The highest BCUT2D eigenvalue weighted by Gasteiger charge is 2.37. The van der Waals surface area contributed by atoms with Crippen LogP contribution in [0.3, 0.4) is 0 Å². The molecule has 0 saturated carbocycles. The van der Waals surface area contributed by atoms with E-state index in [0.29, 0.717) is 6.04 Å². The highest BCUT2D eigenvalue weighted by molar-refractivity contribution is 5.83. The van der Waals surface area contributed by atoms with Crippen molar-refractivity contribution in [2.75, 3.05) is 26.2 Å². The molecule has 2 fully saturated rings. The van der Waals surface area contributed by atoms with Crippen molar-refractivity contribution in [1.29, 1.82) is 5.26 Å². The third-order valence-electron chi connectivity index (χ3n) is 4.42. The Balaban J connectivity index is 1.93. The van der Waals surface area contributed by atoms with Crippen molar-refractivity contribution in [2.45, 2.75) is 51.2 Å². The van der Waals surface area contributed by atoms with Gasteiger partial charge in [-0.1, -0.05) is 13.8 Å². The average molecular weight is 264 g/mol. The van der Waals surface area contributed by atoms with Gasteiger partial charge in [0.1, 0.15) is 6.04 Å². The number of nitrogens with zero attached hydrogens (tertiary/aromatic N) is 3. The second-order valence-electron chi connectivity index (χ2n) is 5.39. The normalized spacial score (nSPS) is 30.8. The largest absolute Gasteiger partial charge is 0.325 e. The summed E-state index contributed by atoms with van der Waals surface area (Å²) >= 11 is 0. The van der Waals surface area contributed by atoms with Crippen LogP contribution in [-0.2, 0) is 4.79 Å². The minimum atomic E-state index is -0.207. The summed E-state index contributed by atoms with van der Waals surface area (Å²) in [5.41, 5.74) is 0. The number of likely N-dealkylation sites (N-methyl/N-ethyl adjacent to an activating group) is 1. The van der Waals surface area contributed by atoms with Crippen LogP contribution in [0.5, 0.6) is 0 Å². The van der Waals surface area contributed by atoms with E-state index in [-0.39, 0.29) is 18.0 Å². The molecular weight excluding hydrogens is 240 g/mol. The molecule has 0 aromatic heterocycles. The zero-order valence-electron chi connectivity index (χ0n) is 11.9. The first-order chi connectivity index (χ1) is 9.21. The number of amides is 1. The van der Waals surface area contributed by atoms with Crippen molar-refractivity contribution < 1.29 is 4.79 Å².